The Bertz CT molecular complexity index is 643. The molecule has 0 aliphatic heterocycles. The molecule has 0 aromatic carbocycles. The molecule has 14 heteroatoms. The molecule has 0 spiro atoms. The minimum absolute atomic E-state index is 0.154. The van der Waals surface area contributed by atoms with Crippen molar-refractivity contribution in [1.82, 2.24) is 31.3 Å². The summed E-state index contributed by atoms with van der Waals surface area (Å²) in [6.45, 7) is 0.141. The number of carboxylic acid groups (broad SMARTS) is 1. The zero-order valence-corrected chi connectivity index (χ0v) is 15.4. The Morgan fingerprint density at radius 1 is 1.31 bits per heavy atom. The van der Waals surface area contributed by atoms with E-state index in [-0.39, 0.29) is 25.2 Å². The number of aromatic nitrogens is 4. The van der Waals surface area contributed by atoms with E-state index < -0.39 is 43.0 Å². The number of alkyl halides is 3. The van der Waals surface area contributed by atoms with E-state index >= 15 is 0 Å². The van der Waals surface area contributed by atoms with Gasteiger partial charge in [0.15, 0.2) is 5.82 Å². The molecular weight excluding hydrogens is 401 g/mol. The van der Waals surface area contributed by atoms with Crippen LogP contribution in [-0.2, 0) is 20.8 Å². The van der Waals surface area contributed by atoms with Gasteiger partial charge in [-0.2, -0.15) is 18.4 Å². The van der Waals surface area contributed by atoms with Crippen molar-refractivity contribution in [2.45, 2.75) is 56.8 Å². The van der Waals surface area contributed by atoms with Crippen LogP contribution in [0.3, 0.4) is 0 Å². The number of aryl methyl sites for hydroxylation is 1. The lowest BCUT2D eigenvalue weighted by atomic mass is 10.1. The molecule has 2 rings (SSSR count). The summed E-state index contributed by atoms with van der Waals surface area (Å²) >= 11 is 0. The summed E-state index contributed by atoms with van der Waals surface area (Å²) < 4.78 is 36.3. The molecular formula is C15H23F3N6O5. The van der Waals surface area contributed by atoms with Crippen LogP contribution in [-0.4, -0.2) is 74.0 Å². The molecule has 0 unspecified atom stereocenters. The third-order valence-corrected chi connectivity index (χ3v) is 4.15. The number of hydrogen-bond donors (Lipinski definition) is 5. The lowest BCUT2D eigenvalue weighted by molar-refractivity contribution is -0.144. The zero-order valence-electron chi connectivity index (χ0n) is 15.4. The number of nitrogens with zero attached hydrogens (tertiary/aromatic N) is 3. The van der Waals surface area contributed by atoms with Crippen molar-refractivity contribution < 1.29 is 37.8 Å². The predicted molar refractivity (Wildman–Crippen MR) is 90.2 cm³/mol. The standard InChI is InChI=1S/C14H21F3N6O3.CH2O2/c15-14(16,17)4-3-12(25)19-9-6-8(7-10(9)24)13(26)18-5-1-2-11-20-22-23-21-11;2-1-3/h8-10,24H,1-7H2,(H,18,26)(H,19,25)(H,20,21,22,23);1H,(H,2,3)/t8-,9-,10-;/m0./s1. The highest BCUT2D eigenvalue weighted by molar-refractivity contribution is 5.80. The molecule has 164 valence electrons. The number of rotatable bonds is 8. The monoisotopic (exact) mass is 424 g/mol. The fraction of sp³-hybridized carbons (Fsp3) is 0.733. The normalized spacial score (nSPS) is 21.0. The molecule has 5 N–H and O–H groups in total. The van der Waals surface area contributed by atoms with E-state index in [0.29, 0.717) is 25.2 Å². The summed E-state index contributed by atoms with van der Waals surface area (Å²) in [6, 6.07) is -0.717. The molecule has 0 radical (unpaired) electrons. The largest absolute Gasteiger partial charge is 0.483 e. The Morgan fingerprint density at radius 2 is 2.00 bits per heavy atom. The van der Waals surface area contributed by atoms with E-state index in [1.54, 1.807) is 0 Å². The summed E-state index contributed by atoms with van der Waals surface area (Å²) in [5.74, 6) is -1.00. The van der Waals surface area contributed by atoms with Gasteiger partial charge in [-0.15, -0.1) is 10.2 Å². The molecule has 0 saturated heterocycles. The highest BCUT2D eigenvalue weighted by Crippen LogP contribution is 2.27. The highest BCUT2D eigenvalue weighted by atomic mass is 19.4. The highest BCUT2D eigenvalue weighted by Gasteiger charge is 2.38. The van der Waals surface area contributed by atoms with Crippen molar-refractivity contribution in [3.63, 3.8) is 0 Å². The zero-order chi connectivity index (χ0) is 21.9. The maximum atomic E-state index is 12.1. The molecule has 1 fully saturated rings. The second-order valence-electron chi connectivity index (χ2n) is 6.35. The van der Waals surface area contributed by atoms with Crippen LogP contribution in [0.1, 0.15) is 37.9 Å². The van der Waals surface area contributed by atoms with Crippen molar-refractivity contribution in [1.29, 1.82) is 0 Å². The first kappa shape index (κ1) is 24.3. The molecule has 1 aliphatic rings. The van der Waals surface area contributed by atoms with Crippen molar-refractivity contribution in [2.75, 3.05) is 6.54 Å². The number of nitrogens with one attached hydrogen (secondary N) is 3. The van der Waals surface area contributed by atoms with Crippen molar-refractivity contribution in [2.24, 2.45) is 5.92 Å². The van der Waals surface area contributed by atoms with E-state index in [1.165, 1.54) is 0 Å². The van der Waals surface area contributed by atoms with Crippen molar-refractivity contribution >= 4 is 18.3 Å². The van der Waals surface area contributed by atoms with Crippen LogP contribution in [0.25, 0.3) is 0 Å². The first-order chi connectivity index (χ1) is 13.7. The van der Waals surface area contributed by atoms with Crippen LogP contribution in [0.5, 0.6) is 0 Å². The minimum Gasteiger partial charge on any atom is -0.483 e. The van der Waals surface area contributed by atoms with Gasteiger partial charge < -0.3 is 20.8 Å². The Kier molecular flexibility index (Phi) is 9.99. The van der Waals surface area contributed by atoms with Gasteiger partial charge in [0.2, 0.25) is 11.8 Å². The number of carbonyl (C=O) groups is 3. The van der Waals surface area contributed by atoms with Crippen LogP contribution in [0, 0.1) is 5.92 Å². The second kappa shape index (κ2) is 11.9. The third-order valence-electron chi connectivity index (χ3n) is 4.15. The lowest BCUT2D eigenvalue weighted by Crippen LogP contribution is -2.40. The van der Waals surface area contributed by atoms with E-state index in [2.05, 4.69) is 31.3 Å². The average molecular weight is 424 g/mol. The summed E-state index contributed by atoms with van der Waals surface area (Å²) in [7, 11) is 0. The SMILES string of the molecule is O=C(CCC(F)(F)F)N[C@H]1C[C@H](C(=O)NCCCc2nn[nH]n2)C[C@@H]1O.O=CO. The molecule has 29 heavy (non-hydrogen) atoms. The van der Waals surface area contributed by atoms with Gasteiger partial charge in [0, 0.05) is 25.3 Å². The molecule has 1 heterocycles. The third kappa shape index (κ3) is 9.82. The maximum Gasteiger partial charge on any atom is 0.389 e. The summed E-state index contributed by atoms with van der Waals surface area (Å²) in [5, 5.41) is 35.2. The van der Waals surface area contributed by atoms with Crippen LogP contribution < -0.4 is 10.6 Å². The average Bonchev–Trinajstić information content (AvgIpc) is 3.27. The van der Waals surface area contributed by atoms with Gasteiger partial charge in [-0.25, -0.2) is 0 Å². The maximum absolute atomic E-state index is 12.1. The first-order valence-corrected chi connectivity index (χ1v) is 8.78. The number of halogens is 3. The number of tetrazole rings is 1. The van der Waals surface area contributed by atoms with Crippen LogP contribution >= 0.6 is 0 Å². The fourth-order valence-corrected chi connectivity index (χ4v) is 2.81. The van der Waals surface area contributed by atoms with Crippen LogP contribution in [0.4, 0.5) is 13.2 Å². The van der Waals surface area contributed by atoms with Gasteiger partial charge in [-0.05, 0) is 19.3 Å². The molecule has 11 nitrogen and oxygen atoms in total. The molecule has 0 bridgehead atoms. The van der Waals surface area contributed by atoms with Crippen LogP contribution in [0.2, 0.25) is 0 Å². The van der Waals surface area contributed by atoms with E-state index in [4.69, 9.17) is 9.90 Å². The number of aliphatic hydroxyl groups excluding tert-OH is 1. The Labute approximate surface area is 163 Å². The van der Waals surface area contributed by atoms with Crippen LogP contribution in [0.15, 0.2) is 0 Å². The Balaban J connectivity index is 0.00000132. The molecule has 3 atom stereocenters. The Hall–Kier alpha value is -2.77. The molecule has 2 amide bonds. The first-order valence-electron chi connectivity index (χ1n) is 8.78. The number of hydrogen-bond acceptors (Lipinski definition) is 7. The van der Waals surface area contributed by atoms with Crippen molar-refractivity contribution in [3.05, 3.63) is 5.82 Å². The molecule has 1 aromatic heterocycles. The minimum atomic E-state index is -4.41. The van der Waals surface area contributed by atoms with E-state index in [9.17, 15) is 27.9 Å². The topological polar surface area (TPSA) is 170 Å². The number of H-pyrrole nitrogens is 1. The van der Waals surface area contributed by atoms with E-state index in [0.717, 1.165) is 0 Å². The van der Waals surface area contributed by atoms with Gasteiger partial charge in [0.25, 0.3) is 6.47 Å². The van der Waals surface area contributed by atoms with Gasteiger partial charge in [0.05, 0.1) is 18.6 Å². The molecule has 1 aliphatic carbocycles. The summed E-state index contributed by atoms with van der Waals surface area (Å²) in [4.78, 5) is 32.0. The Morgan fingerprint density at radius 3 is 2.59 bits per heavy atom. The fourth-order valence-electron chi connectivity index (χ4n) is 2.81. The smallest absolute Gasteiger partial charge is 0.389 e. The number of aliphatic hydroxyl groups is 1. The van der Waals surface area contributed by atoms with Crippen molar-refractivity contribution in [3.8, 4) is 0 Å². The summed E-state index contributed by atoms with van der Waals surface area (Å²) in [5.41, 5.74) is 0. The number of aromatic amines is 1. The molecule has 1 saturated carbocycles. The lowest BCUT2D eigenvalue weighted by Gasteiger charge is -2.16. The van der Waals surface area contributed by atoms with E-state index in [1.807, 2.05) is 0 Å². The summed E-state index contributed by atoms with van der Waals surface area (Å²) in [6.07, 6.45) is -5.78. The van der Waals surface area contributed by atoms with Gasteiger partial charge in [-0.3, -0.25) is 14.4 Å². The van der Waals surface area contributed by atoms with Gasteiger partial charge in [-0.1, -0.05) is 5.21 Å². The number of amides is 2. The molecule has 1 aromatic rings. The van der Waals surface area contributed by atoms with Gasteiger partial charge >= 0.3 is 6.18 Å². The van der Waals surface area contributed by atoms with Gasteiger partial charge in [0.1, 0.15) is 0 Å². The predicted octanol–water partition coefficient (Wildman–Crippen LogP) is -0.452. The quantitative estimate of drug-likeness (QED) is 0.276. The second-order valence-corrected chi connectivity index (χ2v) is 6.35. The number of carbonyl (C=O) groups excluding carboxylic acids is 2.